The van der Waals surface area contributed by atoms with Crippen LogP contribution in [0.25, 0.3) is 0 Å². The van der Waals surface area contributed by atoms with E-state index in [9.17, 15) is 9.59 Å². The van der Waals surface area contributed by atoms with Crippen LogP contribution in [-0.4, -0.2) is 23.0 Å². The summed E-state index contributed by atoms with van der Waals surface area (Å²) in [5.41, 5.74) is 6.50. The summed E-state index contributed by atoms with van der Waals surface area (Å²) in [6, 6.07) is 6.08. The largest absolute Gasteiger partial charge is 0.478 e. The molecule has 5 heteroatoms. The molecule has 1 aromatic rings. The SMILES string of the molecule is NC(CC(=O)Nc1cccc(C(=O)O)c1)C1CC1. The van der Waals surface area contributed by atoms with Crippen molar-refractivity contribution in [3.05, 3.63) is 29.8 Å². The summed E-state index contributed by atoms with van der Waals surface area (Å²) < 4.78 is 0. The Morgan fingerprint density at radius 2 is 2.17 bits per heavy atom. The number of carbonyl (C=O) groups is 2. The predicted molar refractivity (Wildman–Crippen MR) is 67.3 cm³/mol. The normalized spacial score (nSPS) is 16.1. The molecule has 0 saturated heterocycles. The van der Waals surface area contributed by atoms with E-state index in [-0.39, 0.29) is 23.9 Å². The van der Waals surface area contributed by atoms with Crippen LogP contribution in [0.3, 0.4) is 0 Å². The first-order valence-corrected chi connectivity index (χ1v) is 5.95. The summed E-state index contributed by atoms with van der Waals surface area (Å²) in [5, 5.41) is 11.5. The first-order valence-electron chi connectivity index (χ1n) is 5.95. The van der Waals surface area contributed by atoms with E-state index >= 15 is 0 Å². The number of carboxylic acids is 1. The van der Waals surface area contributed by atoms with Gasteiger partial charge in [-0.05, 0) is 37.0 Å². The van der Waals surface area contributed by atoms with Gasteiger partial charge in [0.2, 0.25) is 5.91 Å². The van der Waals surface area contributed by atoms with Gasteiger partial charge in [-0.15, -0.1) is 0 Å². The number of carbonyl (C=O) groups excluding carboxylic acids is 1. The van der Waals surface area contributed by atoms with E-state index in [4.69, 9.17) is 10.8 Å². The van der Waals surface area contributed by atoms with Crippen molar-refractivity contribution in [3.8, 4) is 0 Å². The van der Waals surface area contributed by atoms with Gasteiger partial charge in [0.05, 0.1) is 5.56 Å². The number of hydrogen-bond donors (Lipinski definition) is 3. The molecule has 18 heavy (non-hydrogen) atoms. The Morgan fingerprint density at radius 1 is 1.44 bits per heavy atom. The molecule has 1 saturated carbocycles. The molecule has 1 fully saturated rings. The summed E-state index contributed by atoms with van der Waals surface area (Å²) in [5.74, 6) is -0.709. The first-order chi connectivity index (χ1) is 8.56. The van der Waals surface area contributed by atoms with Gasteiger partial charge in [-0.2, -0.15) is 0 Å². The Kier molecular flexibility index (Phi) is 3.62. The lowest BCUT2D eigenvalue weighted by atomic mass is 10.1. The fourth-order valence-corrected chi connectivity index (χ4v) is 1.85. The molecular weight excluding hydrogens is 232 g/mol. The van der Waals surface area contributed by atoms with E-state index in [1.165, 1.54) is 12.1 Å². The Bertz CT molecular complexity index is 469. The number of carboxylic acid groups (broad SMARTS) is 1. The summed E-state index contributed by atoms with van der Waals surface area (Å²) in [7, 11) is 0. The summed E-state index contributed by atoms with van der Waals surface area (Å²) in [6.45, 7) is 0. The molecule has 1 aliphatic rings. The topological polar surface area (TPSA) is 92.4 Å². The average Bonchev–Trinajstić information content (AvgIpc) is 3.12. The highest BCUT2D eigenvalue weighted by atomic mass is 16.4. The number of amides is 1. The second-order valence-electron chi connectivity index (χ2n) is 4.64. The molecule has 0 aromatic heterocycles. The van der Waals surface area contributed by atoms with E-state index in [0.29, 0.717) is 11.6 Å². The lowest BCUT2D eigenvalue weighted by Gasteiger charge is -2.10. The maximum atomic E-state index is 11.7. The van der Waals surface area contributed by atoms with Crippen LogP contribution in [-0.2, 0) is 4.79 Å². The lowest BCUT2D eigenvalue weighted by molar-refractivity contribution is -0.116. The van der Waals surface area contributed by atoms with Crippen LogP contribution in [0.4, 0.5) is 5.69 Å². The van der Waals surface area contributed by atoms with Gasteiger partial charge in [-0.25, -0.2) is 4.79 Å². The molecule has 1 atom stereocenters. The van der Waals surface area contributed by atoms with Crippen molar-refractivity contribution >= 4 is 17.6 Å². The Labute approximate surface area is 105 Å². The molecule has 1 aromatic carbocycles. The number of nitrogens with one attached hydrogen (secondary N) is 1. The smallest absolute Gasteiger partial charge is 0.335 e. The highest BCUT2D eigenvalue weighted by molar-refractivity contribution is 5.94. The Balaban J connectivity index is 1.93. The lowest BCUT2D eigenvalue weighted by Crippen LogP contribution is -2.28. The number of anilines is 1. The van der Waals surface area contributed by atoms with Crippen molar-refractivity contribution in [1.29, 1.82) is 0 Å². The molecule has 1 unspecified atom stereocenters. The molecule has 2 rings (SSSR count). The Hall–Kier alpha value is -1.88. The van der Waals surface area contributed by atoms with Crippen LogP contribution in [0.2, 0.25) is 0 Å². The third-order valence-corrected chi connectivity index (χ3v) is 3.04. The van der Waals surface area contributed by atoms with Crippen LogP contribution in [0.5, 0.6) is 0 Å². The van der Waals surface area contributed by atoms with Gasteiger partial charge < -0.3 is 16.2 Å². The van der Waals surface area contributed by atoms with Crippen LogP contribution < -0.4 is 11.1 Å². The molecule has 4 N–H and O–H groups in total. The maximum Gasteiger partial charge on any atom is 0.335 e. The molecule has 1 aliphatic carbocycles. The van der Waals surface area contributed by atoms with Crippen molar-refractivity contribution in [2.45, 2.75) is 25.3 Å². The minimum atomic E-state index is -1.01. The number of nitrogens with two attached hydrogens (primary N) is 1. The molecule has 0 spiro atoms. The zero-order chi connectivity index (χ0) is 13.1. The average molecular weight is 248 g/mol. The number of hydrogen-bond acceptors (Lipinski definition) is 3. The maximum absolute atomic E-state index is 11.7. The molecule has 5 nitrogen and oxygen atoms in total. The van der Waals surface area contributed by atoms with Gasteiger partial charge in [-0.1, -0.05) is 6.07 Å². The highest BCUT2D eigenvalue weighted by Gasteiger charge is 2.29. The number of rotatable bonds is 5. The fraction of sp³-hybridized carbons (Fsp3) is 0.385. The minimum absolute atomic E-state index is 0.0901. The van der Waals surface area contributed by atoms with Crippen molar-refractivity contribution < 1.29 is 14.7 Å². The van der Waals surface area contributed by atoms with Crippen molar-refractivity contribution in [2.24, 2.45) is 11.7 Å². The van der Waals surface area contributed by atoms with E-state index in [2.05, 4.69) is 5.32 Å². The molecule has 96 valence electrons. The second-order valence-corrected chi connectivity index (χ2v) is 4.64. The number of aromatic carboxylic acids is 1. The zero-order valence-electron chi connectivity index (χ0n) is 9.93. The number of benzene rings is 1. The zero-order valence-corrected chi connectivity index (χ0v) is 9.93. The van der Waals surface area contributed by atoms with E-state index in [1.54, 1.807) is 12.1 Å². The molecular formula is C13H16N2O3. The van der Waals surface area contributed by atoms with E-state index in [1.807, 2.05) is 0 Å². The van der Waals surface area contributed by atoms with E-state index in [0.717, 1.165) is 12.8 Å². The minimum Gasteiger partial charge on any atom is -0.478 e. The van der Waals surface area contributed by atoms with Crippen LogP contribution >= 0.6 is 0 Å². The molecule has 0 heterocycles. The summed E-state index contributed by atoms with van der Waals surface area (Å²) in [6.07, 6.45) is 2.48. The standard InChI is InChI=1S/C13H16N2O3/c14-11(8-4-5-8)7-12(16)15-10-3-1-2-9(6-10)13(17)18/h1-3,6,8,11H,4-5,7,14H2,(H,15,16)(H,17,18). The third-order valence-electron chi connectivity index (χ3n) is 3.04. The second kappa shape index (κ2) is 5.18. The predicted octanol–water partition coefficient (Wildman–Crippen LogP) is 1.45. The summed E-state index contributed by atoms with van der Waals surface area (Å²) >= 11 is 0. The van der Waals surface area contributed by atoms with Gasteiger partial charge in [0, 0.05) is 18.2 Å². The van der Waals surface area contributed by atoms with Gasteiger partial charge in [0.25, 0.3) is 0 Å². The van der Waals surface area contributed by atoms with Crippen LogP contribution in [0, 0.1) is 5.92 Å². The fourth-order valence-electron chi connectivity index (χ4n) is 1.85. The highest BCUT2D eigenvalue weighted by Crippen LogP contribution is 2.32. The molecule has 0 radical (unpaired) electrons. The summed E-state index contributed by atoms with van der Waals surface area (Å²) in [4.78, 5) is 22.5. The molecule has 0 bridgehead atoms. The quantitative estimate of drug-likeness (QED) is 0.735. The van der Waals surface area contributed by atoms with E-state index < -0.39 is 5.97 Å². The van der Waals surface area contributed by atoms with Crippen molar-refractivity contribution in [3.63, 3.8) is 0 Å². The van der Waals surface area contributed by atoms with Crippen molar-refractivity contribution in [1.82, 2.24) is 0 Å². The van der Waals surface area contributed by atoms with Crippen LogP contribution in [0.15, 0.2) is 24.3 Å². The molecule has 1 amide bonds. The van der Waals surface area contributed by atoms with Crippen molar-refractivity contribution in [2.75, 3.05) is 5.32 Å². The molecule has 0 aliphatic heterocycles. The monoisotopic (exact) mass is 248 g/mol. The first kappa shape index (κ1) is 12.6. The van der Waals surface area contributed by atoms with Gasteiger partial charge in [0.15, 0.2) is 0 Å². The van der Waals surface area contributed by atoms with Gasteiger partial charge in [0.1, 0.15) is 0 Å². The van der Waals surface area contributed by atoms with Crippen LogP contribution in [0.1, 0.15) is 29.6 Å². The third kappa shape index (κ3) is 3.30. The van der Waals surface area contributed by atoms with Gasteiger partial charge >= 0.3 is 5.97 Å². The van der Waals surface area contributed by atoms with Gasteiger partial charge in [-0.3, -0.25) is 4.79 Å². The Morgan fingerprint density at radius 3 is 2.78 bits per heavy atom.